The lowest BCUT2D eigenvalue weighted by Gasteiger charge is -2.24. The fraction of sp³-hybridized carbons (Fsp3) is 0.909. The van der Waals surface area contributed by atoms with Crippen molar-refractivity contribution in [3.05, 3.63) is 0 Å². The highest BCUT2D eigenvalue weighted by Crippen LogP contribution is 2.25. The number of carbonyl (C=O) groups is 1. The van der Waals surface area contributed by atoms with Crippen molar-refractivity contribution in [3.8, 4) is 0 Å². The molecule has 0 aromatic rings. The molecule has 2 amide bonds. The SMILES string of the molecule is O=C1NCC(C2CCCCCCC2)N1. The van der Waals surface area contributed by atoms with E-state index in [0.29, 0.717) is 12.0 Å². The summed E-state index contributed by atoms with van der Waals surface area (Å²) in [4.78, 5) is 11.0. The molecule has 1 heterocycles. The van der Waals surface area contributed by atoms with E-state index in [-0.39, 0.29) is 6.03 Å². The number of urea groups is 1. The fourth-order valence-corrected chi connectivity index (χ4v) is 2.65. The summed E-state index contributed by atoms with van der Waals surface area (Å²) in [6, 6.07) is 0.428. The zero-order valence-electron chi connectivity index (χ0n) is 8.72. The van der Waals surface area contributed by atoms with E-state index in [0.717, 1.165) is 6.54 Å². The molecule has 1 atom stereocenters. The molecule has 0 aromatic heterocycles. The summed E-state index contributed by atoms with van der Waals surface area (Å²) >= 11 is 0. The first-order chi connectivity index (χ1) is 6.86. The van der Waals surface area contributed by atoms with Gasteiger partial charge < -0.3 is 10.6 Å². The van der Waals surface area contributed by atoms with Crippen molar-refractivity contribution in [3.63, 3.8) is 0 Å². The maximum atomic E-state index is 11.0. The highest BCUT2D eigenvalue weighted by atomic mass is 16.2. The Kier molecular flexibility index (Phi) is 3.27. The standard InChI is InChI=1S/C11H20N2O/c14-11-12-8-10(13-11)9-6-4-2-1-3-5-7-9/h9-10H,1-8H2,(H2,12,13,14). The maximum Gasteiger partial charge on any atom is 0.315 e. The highest BCUT2D eigenvalue weighted by Gasteiger charge is 2.27. The van der Waals surface area contributed by atoms with Gasteiger partial charge in [-0.05, 0) is 18.8 Å². The molecule has 80 valence electrons. The summed E-state index contributed by atoms with van der Waals surface area (Å²) in [5, 5.41) is 5.87. The van der Waals surface area contributed by atoms with Gasteiger partial charge in [0.25, 0.3) is 0 Å². The Labute approximate surface area is 85.6 Å². The molecule has 1 saturated carbocycles. The van der Waals surface area contributed by atoms with Crippen LogP contribution >= 0.6 is 0 Å². The van der Waals surface area contributed by atoms with Crippen molar-refractivity contribution in [2.75, 3.05) is 6.54 Å². The topological polar surface area (TPSA) is 41.1 Å². The summed E-state index contributed by atoms with van der Waals surface area (Å²) in [5.41, 5.74) is 0. The van der Waals surface area contributed by atoms with Crippen molar-refractivity contribution in [2.24, 2.45) is 5.92 Å². The normalized spacial score (nSPS) is 30.3. The molecule has 2 N–H and O–H groups in total. The van der Waals surface area contributed by atoms with E-state index in [2.05, 4.69) is 10.6 Å². The Morgan fingerprint density at radius 3 is 2.21 bits per heavy atom. The van der Waals surface area contributed by atoms with Gasteiger partial charge in [0.1, 0.15) is 0 Å². The zero-order chi connectivity index (χ0) is 9.80. The van der Waals surface area contributed by atoms with E-state index in [9.17, 15) is 4.79 Å². The first-order valence-electron chi connectivity index (χ1n) is 5.90. The van der Waals surface area contributed by atoms with E-state index in [1.165, 1.54) is 44.9 Å². The van der Waals surface area contributed by atoms with Crippen molar-refractivity contribution < 1.29 is 4.79 Å². The van der Waals surface area contributed by atoms with Crippen LogP contribution in [0.25, 0.3) is 0 Å². The lowest BCUT2D eigenvalue weighted by Crippen LogP contribution is -2.34. The summed E-state index contributed by atoms with van der Waals surface area (Å²) in [5.74, 6) is 0.717. The lowest BCUT2D eigenvalue weighted by atomic mass is 9.86. The summed E-state index contributed by atoms with van der Waals surface area (Å²) in [6.07, 6.45) is 9.45. The molecule has 0 aromatic carbocycles. The zero-order valence-corrected chi connectivity index (χ0v) is 8.72. The van der Waals surface area contributed by atoms with Gasteiger partial charge in [-0.1, -0.05) is 32.1 Å². The van der Waals surface area contributed by atoms with Gasteiger partial charge in [-0.25, -0.2) is 4.79 Å². The van der Waals surface area contributed by atoms with E-state index in [1.54, 1.807) is 0 Å². The van der Waals surface area contributed by atoms with Gasteiger partial charge in [0.05, 0.1) is 6.04 Å². The van der Waals surface area contributed by atoms with Gasteiger partial charge >= 0.3 is 6.03 Å². The molecule has 3 heteroatoms. The van der Waals surface area contributed by atoms with Crippen LogP contribution in [0.3, 0.4) is 0 Å². The third-order valence-corrected chi connectivity index (χ3v) is 3.52. The van der Waals surface area contributed by atoms with Crippen LogP contribution in [0, 0.1) is 5.92 Å². The number of hydrogen-bond acceptors (Lipinski definition) is 1. The van der Waals surface area contributed by atoms with Gasteiger partial charge in [-0.15, -0.1) is 0 Å². The third-order valence-electron chi connectivity index (χ3n) is 3.52. The van der Waals surface area contributed by atoms with Crippen LogP contribution in [-0.2, 0) is 0 Å². The maximum absolute atomic E-state index is 11.0. The van der Waals surface area contributed by atoms with Gasteiger partial charge in [0.15, 0.2) is 0 Å². The molecule has 0 radical (unpaired) electrons. The van der Waals surface area contributed by atoms with Gasteiger partial charge in [0.2, 0.25) is 0 Å². The fourth-order valence-electron chi connectivity index (χ4n) is 2.65. The Morgan fingerprint density at radius 2 is 1.64 bits per heavy atom. The van der Waals surface area contributed by atoms with Crippen LogP contribution in [0.4, 0.5) is 4.79 Å². The van der Waals surface area contributed by atoms with E-state index in [1.807, 2.05) is 0 Å². The summed E-state index contributed by atoms with van der Waals surface area (Å²) < 4.78 is 0. The van der Waals surface area contributed by atoms with Gasteiger partial charge in [0, 0.05) is 6.54 Å². The summed E-state index contributed by atoms with van der Waals surface area (Å²) in [7, 11) is 0. The number of nitrogens with one attached hydrogen (secondary N) is 2. The van der Waals surface area contributed by atoms with E-state index < -0.39 is 0 Å². The van der Waals surface area contributed by atoms with Crippen molar-refractivity contribution in [2.45, 2.75) is 51.0 Å². The molecule has 14 heavy (non-hydrogen) atoms. The van der Waals surface area contributed by atoms with Crippen molar-refractivity contribution in [1.82, 2.24) is 10.6 Å². The minimum Gasteiger partial charge on any atom is -0.336 e. The molecule has 2 aliphatic rings. The quantitative estimate of drug-likeness (QED) is 0.662. The molecule has 2 fully saturated rings. The van der Waals surface area contributed by atoms with Crippen LogP contribution in [0.5, 0.6) is 0 Å². The average Bonchev–Trinajstić information content (AvgIpc) is 2.51. The van der Waals surface area contributed by atoms with E-state index >= 15 is 0 Å². The largest absolute Gasteiger partial charge is 0.336 e. The van der Waals surface area contributed by atoms with Crippen molar-refractivity contribution >= 4 is 6.03 Å². The smallest absolute Gasteiger partial charge is 0.315 e. The molecule has 0 spiro atoms. The second-order valence-electron chi connectivity index (χ2n) is 4.57. The molecular weight excluding hydrogens is 176 g/mol. The predicted molar refractivity (Wildman–Crippen MR) is 56.1 cm³/mol. The molecule has 1 unspecified atom stereocenters. The molecule has 3 nitrogen and oxygen atoms in total. The van der Waals surface area contributed by atoms with Crippen LogP contribution < -0.4 is 10.6 Å². The van der Waals surface area contributed by atoms with Crippen LogP contribution in [0.1, 0.15) is 44.9 Å². The second-order valence-corrected chi connectivity index (χ2v) is 4.57. The Morgan fingerprint density at radius 1 is 1.00 bits per heavy atom. The molecule has 2 rings (SSSR count). The number of amides is 2. The number of carbonyl (C=O) groups excluding carboxylic acids is 1. The first-order valence-corrected chi connectivity index (χ1v) is 5.90. The summed E-state index contributed by atoms with van der Waals surface area (Å²) in [6.45, 7) is 0.837. The van der Waals surface area contributed by atoms with Crippen LogP contribution in [0.15, 0.2) is 0 Å². The Hall–Kier alpha value is -0.730. The van der Waals surface area contributed by atoms with Gasteiger partial charge in [-0.2, -0.15) is 0 Å². The molecule has 1 aliphatic heterocycles. The van der Waals surface area contributed by atoms with Crippen LogP contribution in [0.2, 0.25) is 0 Å². The van der Waals surface area contributed by atoms with E-state index in [4.69, 9.17) is 0 Å². The highest BCUT2D eigenvalue weighted by molar-refractivity contribution is 5.76. The lowest BCUT2D eigenvalue weighted by molar-refractivity contribution is 0.244. The number of rotatable bonds is 1. The molecular formula is C11H20N2O. The molecule has 1 aliphatic carbocycles. The third kappa shape index (κ3) is 2.40. The average molecular weight is 196 g/mol. The molecule has 0 bridgehead atoms. The van der Waals surface area contributed by atoms with Crippen molar-refractivity contribution in [1.29, 1.82) is 0 Å². The Balaban J connectivity index is 1.84. The minimum absolute atomic E-state index is 0.0251. The van der Waals surface area contributed by atoms with Crippen LogP contribution in [-0.4, -0.2) is 18.6 Å². The van der Waals surface area contributed by atoms with Gasteiger partial charge in [-0.3, -0.25) is 0 Å². The monoisotopic (exact) mass is 196 g/mol. The minimum atomic E-state index is 0.0251. The Bertz CT molecular complexity index is 197. The molecule has 1 saturated heterocycles. The predicted octanol–water partition coefficient (Wildman–Crippen LogP) is 2.03. The number of hydrogen-bond donors (Lipinski definition) is 2. The first kappa shape index (κ1) is 9.81. The second kappa shape index (κ2) is 4.67.